The third kappa shape index (κ3) is 4.00. The summed E-state index contributed by atoms with van der Waals surface area (Å²) in [6.07, 6.45) is 5.16. The van der Waals surface area contributed by atoms with Crippen LogP contribution in [0.2, 0.25) is 0 Å². The molecule has 0 spiro atoms. The van der Waals surface area contributed by atoms with Crippen LogP contribution in [0.3, 0.4) is 0 Å². The molecule has 0 N–H and O–H groups in total. The molecule has 1 aliphatic rings. The van der Waals surface area contributed by atoms with Crippen LogP contribution >= 0.6 is 15.9 Å². The lowest BCUT2D eigenvalue weighted by Gasteiger charge is -2.27. The van der Waals surface area contributed by atoms with Gasteiger partial charge in [0.2, 0.25) is 0 Å². The van der Waals surface area contributed by atoms with Crippen LogP contribution in [0, 0.1) is 11.7 Å². The topological polar surface area (TPSA) is 9.23 Å². The molecule has 0 heterocycles. The van der Waals surface area contributed by atoms with Gasteiger partial charge in [0, 0.05) is 5.33 Å². The largest absolute Gasteiger partial charge is 0.491 e. The minimum absolute atomic E-state index is 0.300. The van der Waals surface area contributed by atoms with Gasteiger partial charge in [-0.3, -0.25) is 0 Å². The zero-order valence-corrected chi connectivity index (χ0v) is 15.7. The van der Waals surface area contributed by atoms with Crippen molar-refractivity contribution < 1.29 is 9.13 Å². The SMILES string of the molecule is CCOc1ccc(-c2ccc(C3CCC(CBr)CC3)cc2)cc1F. The van der Waals surface area contributed by atoms with E-state index in [0.29, 0.717) is 18.3 Å². The van der Waals surface area contributed by atoms with Gasteiger partial charge in [0.15, 0.2) is 11.6 Å². The first-order chi connectivity index (χ1) is 11.7. The highest BCUT2D eigenvalue weighted by Gasteiger charge is 2.21. The van der Waals surface area contributed by atoms with E-state index in [2.05, 4.69) is 40.2 Å². The predicted octanol–water partition coefficient (Wildman–Crippen LogP) is 6.56. The highest BCUT2D eigenvalue weighted by Crippen LogP contribution is 2.37. The van der Waals surface area contributed by atoms with Gasteiger partial charge in [-0.2, -0.15) is 0 Å². The quantitative estimate of drug-likeness (QED) is 0.525. The predicted molar refractivity (Wildman–Crippen MR) is 101 cm³/mol. The Morgan fingerprint density at radius 1 is 1.00 bits per heavy atom. The first kappa shape index (κ1) is 17.5. The summed E-state index contributed by atoms with van der Waals surface area (Å²) in [6.45, 7) is 2.33. The molecule has 3 heteroatoms. The summed E-state index contributed by atoms with van der Waals surface area (Å²) in [4.78, 5) is 0. The van der Waals surface area contributed by atoms with Gasteiger partial charge in [-0.15, -0.1) is 0 Å². The second kappa shape index (κ2) is 8.15. The van der Waals surface area contributed by atoms with Crippen molar-refractivity contribution in [3.05, 3.63) is 53.8 Å². The average molecular weight is 391 g/mol. The minimum atomic E-state index is -0.300. The van der Waals surface area contributed by atoms with Gasteiger partial charge in [-0.1, -0.05) is 46.3 Å². The zero-order valence-electron chi connectivity index (χ0n) is 14.1. The summed E-state index contributed by atoms with van der Waals surface area (Å²) in [6, 6.07) is 13.8. The average Bonchev–Trinajstić information content (AvgIpc) is 2.64. The number of hydrogen-bond acceptors (Lipinski definition) is 1. The Morgan fingerprint density at radius 2 is 1.67 bits per heavy atom. The van der Waals surface area contributed by atoms with Crippen LogP contribution in [-0.4, -0.2) is 11.9 Å². The van der Waals surface area contributed by atoms with Crippen molar-refractivity contribution in [3.8, 4) is 16.9 Å². The van der Waals surface area contributed by atoms with Crippen molar-refractivity contribution in [1.29, 1.82) is 0 Å². The van der Waals surface area contributed by atoms with Gasteiger partial charge in [-0.25, -0.2) is 4.39 Å². The molecule has 2 aromatic rings. The van der Waals surface area contributed by atoms with Crippen LogP contribution in [0.1, 0.15) is 44.1 Å². The molecule has 0 atom stereocenters. The summed E-state index contributed by atoms with van der Waals surface area (Å²) in [5.74, 6) is 1.53. The summed E-state index contributed by atoms with van der Waals surface area (Å²) in [7, 11) is 0. The van der Waals surface area contributed by atoms with Crippen molar-refractivity contribution in [2.75, 3.05) is 11.9 Å². The molecule has 128 valence electrons. The molecule has 0 bridgehead atoms. The molecule has 1 saturated carbocycles. The number of hydrogen-bond donors (Lipinski definition) is 0. The summed E-state index contributed by atoms with van der Waals surface area (Å²) < 4.78 is 19.3. The molecule has 1 aliphatic carbocycles. The van der Waals surface area contributed by atoms with Gasteiger partial charge in [-0.05, 0) is 73.3 Å². The van der Waals surface area contributed by atoms with E-state index >= 15 is 0 Å². The maximum atomic E-state index is 14.0. The summed E-state index contributed by atoms with van der Waals surface area (Å²) >= 11 is 3.60. The number of ether oxygens (including phenoxy) is 1. The highest BCUT2D eigenvalue weighted by atomic mass is 79.9. The van der Waals surface area contributed by atoms with Gasteiger partial charge >= 0.3 is 0 Å². The standard InChI is InChI=1S/C21H24BrFO/c1-2-24-21-12-11-19(13-20(21)23)18-9-7-17(8-10-18)16-5-3-15(14-22)4-6-16/h7-13,15-16H,2-6,14H2,1H3. The van der Waals surface area contributed by atoms with Crippen LogP contribution < -0.4 is 4.74 Å². The lowest BCUT2D eigenvalue weighted by molar-refractivity contribution is 0.321. The third-order valence-corrected chi connectivity index (χ3v) is 5.93. The molecule has 0 aromatic heterocycles. The Hall–Kier alpha value is -1.35. The van der Waals surface area contributed by atoms with Crippen LogP contribution in [0.15, 0.2) is 42.5 Å². The van der Waals surface area contributed by atoms with Crippen molar-refractivity contribution in [2.45, 2.75) is 38.5 Å². The fraction of sp³-hybridized carbons (Fsp3) is 0.429. The Labute approximate surface area is 152 Å². The second-order valence-electron chi connectivity index (χ2n) is 6.57. The molecule has 2 aromatic carbocycles. The highest BCUT2D eigenvalue weighted by molar-refractivity contribution is 9.09. The van der Waals surface area contributed by atoms with Gasteiger partial charge < -0.3 is 4.74 Å². The van der Waals surface area contributed by atoms with Crippen molar-refractivity contribution in [2.24, 2.45) is 5.92 Å². The molecule has 0 saturated heterocycles. The van der Waals surface area contributed by atoms with Crippen LogP contribution in [0.4, 0.5) is 4.39 Å². The molecule has 0 amide bonds. The smallest absolute Gasteiger partial charge is 0.165 e. The van der Waals surface area contributed by atoms with Crippen molar-refractivity contribution in [1.82, 2.24) is 0 Å². The molecule has 1 nitrogen and oxygen atoms in total. The fourth-order valence-corrected chi connectivity index (χ4v) is 4.20. The van der Waals surface area contributed by atoms with E-state index in [0.717, 1.165) is 22.4 Å². The number of alkyl halides is 1. The number of rotatable bonds is 5. The first-order valence-electron chi connectivity index (χ1n) is 8.80. The van der Waals surface area contributed by atoms with E-state index in [-0.39, 0.29) is 5.82 Å². The third-order valence-electron chi connectivity index (χ3n) is 5.01. The summed E-state index contributed by atoms with van der Waals surface area (Å²) in [5.41, 5.74) is 3.36. The fourth-order valence-electron chi connectivity index (χ4n) is 3.55. The van der Waals surface area contributed by atoms with E-state index in [1.54, 1.807) is 12.1 Å². The van der Waals surface area contributed by atoms with E-state index < -0.39 is 0 Å². The van der Waals surface area contributed by atoms with Crippen LogP contribution in [0.5, 0.6) is 5.75 Å². The van der Waals surface area contributed by atoms with Crippen LogP contribution in [0.25, 0.3) is 11.1 Å². The normalized spacial score (nSPS) is 20.8. The minimum Gasteiger partial charge on any atom is -0.491 e. The molecule has 1 fully saturated rings. The monoisotopic (exact) mass is 390 g/mol. The zero-order chi connectivity index (χ0) is 16.9. The molecule has 3 rings (SSSR count). The molecule has 0 aliphatic heterocycles. The summed E-state index contributed by atoms with van der Waals surface area (Å²) in [5, 5.41) is 1.13. The Balaban J connectivity index is 1.71. The lowest BCUT2D eigenvalue weighted by atomic mass is 9.79. The Bertz CT molecular complexity index is 660. The number of benzene rings is 2. The molecule has 24 heavy (non-hydrogen) atoms. The van der Waals surface area contributed by atoms with Crippen LogP contribution in [-0.2, 0) is 0 Å². The van der Waals surface area contributed by atoms with Crippen molar-refractivity contribution >= 4 is 15.9 Å². The molecule has 0 radical (unpaired) electrons. The lowest BCUT2D eigenvalue weighted by Crippen LogP contribution is -2.14. The number of halogens is 2. The van der Waals surface area contributed by atoms with E-state index in [1.165, 1.54) is 31.2 Å². The molecule has 0 unspecified atom stereocenters. The second-order valence-corrected chi connectivity index (χ2v) is 7.22. The molecular weight excluding hydrogens is 367 g/mol. The van der Waals surface area contributed by atoms with E-state index in [9.17, 15) is 4.39 Å². The Morgan fingerprint density at radius 3 is 2.25 bits per heavy atom. The van der Waals surface area contributed by atoms with Gasteiger partial charge in [0.1, 0.15) is 0 Å². The van der Waals surface area contributed by atoms with Crippen molar-refractivity contribution in [3.63, 3.8) is 0 Å². The van der Waals surface area contributed by atoms with E-state index in [1.807, 2.05) is 13.0 Å². The van der Waals surface area contributed by atoms with E-state index in [4.69, 9.17) is 4.74 Å². The van der Waals surface area contributed by atoms with Gasteiger partial charge in [0.25, 0.3) is 0 Å². The Kier molecular flexibility index (Phi) is 5.94. The maximum absolute atomic E-state index is 14.0. The maximum Gasteiger partial charge on any atom is 0.165 e. The van der Waals surface area contributed by atoms with Gasteiger partial charge in [0.05, 0.1) is 6.61 Å². The molecular formula is C21H24BrFO. The first-order valence-corrected chi connectivity index (χ1v) is 9.92.